The number of thiophene rings is 1. The summed E-state index contributed by atoms with van der Waals surface area (Å²) in [7, 11) is 0. The number of carbonyl (C=O) groups is 2. The number of nitrogens with one attached hydrogen (secondary N) is 1. The van der Waals surface area contributed by atoms with Gasteiger partial charge in [-0.3, -0.25) is 4.79 Å². The van der Waals surface area contributed by atoms with E-state index in [0.717, 1.165) is 11.3 Å². The van der Waals surface area contributed by atoms with Crippen molar-refractivity contribution in [1.29, 1.82) is 0 Å². The van der Waals surface area contributed by atoms with Crippen molar-refractivity contribution in [2.75, 3.05) is 6.61 Å². The van der Waals surface area contributed by atoms with Gasteiger partial charge in [-0.1, -0.05) is 0 Å². The molecule has 28 heavy (non-hydrogen) atoms. The first-order valence-electron chi connectivity index (χ1n) is 8.71. The zero-order valence-corrected chi connectivity index (χ0v) is 17.0. The van der Waals surface area contributed by atoms with Gasteiger partial charge in [0.2, 0.25) is 0 Å². The maximum atomic E-state index is 12.5. The van der Waals surface area contributed by atoms with Gasteiger partial charge in [0.05, 0.1) is 12.0 Å². The van der Waals surface area contributed by atoms with Crippen molar-refractivity contribution in [3.8, 4) is 0 Å². The molecule has 1 atom stereocenters. The predicted molar refractivity (Wildman–Crippen MR) is 103 cm³/mol. The first kappa shape index (κ1) is 19.8. The molecular weight excluding hydrogens is 384 g/mol. The van der Waals surface area contributed by atoms with Crippen LogP contribution in [0.2, 0.25) is 0 Å². The smallest absolute Gasteiger partial charge is 0.348 e. The van der Waals surface area contributed by atoms with E-state index in [9.17, 15) is 14.4 Å². The third-order valence-electron chi connectivity index (χ3n) is 4.21. The highest BCUT2D eigenvalue weighted by atomic mass is 32.1. The van der Waals surface area contributed by atoms with Crippen LogP contribution >= 0.6 is 11.3 Å². The van der Waals surface area contributed by atoms with Gasteiger partial charge in [-0.25, -0.2) is 14.6 Å². The summed E-state index contributed by atoms with van der Waals surface area (Å²) in [6, 6.07) is 1.60. The Hall–Kier alpha value is -2.94. The summed E-state index contributed by atoms with van der Waals surface area (Å²) in [5.74, 6) is 0.193. The number of rotatable bonds is 5. The lowest BCUT2D eigenvalue weighted by molar-refractivity contribution is 0.0317. The van der Waals surface area contributed by atoms with Crippen molar-refractivity contribution in [3.05, 3.63) is 49.8 Å². The average Bonchev–Trinajstić information content (AvgIpc) is 3.14. The number of aromatic amines is 1. The Morgan fingerprint density at radius 1 is 1.29 bits per heavy atom. The summed E-state index contributed by atoms with van der Waals surface area (Å²) in [5, 5.41) is 0.330. The summed E-state index contributed by atoms with van der Waals surface area (Å²) in [6.45, 7) is 8.64. The lowest BCUT2D eigenvalue weighted by atomic mass is 10.2. The molecule has 0 aliphatic carbocycles. The van der Waals surface area contributed by atoms with Crippen LogP contribution in [0.25, 0.3) is 10.2 Å². The molecule has 3 heterocycles. The molecule has 8 nitrogen and oxygen atoms in total. The van der Waals surface area contributed by atoms with Crippen LogP contribution in [0.15, 0.2) is 15.3 Å². The molecular formula is C19H20N2O6S. The molecule has 0 aliphatic rings. The number of aromatic nitrogens is 2. The maximum Gasteiger partial charge on any atom is 0.348 e. The van der Waals surface area contributed by atoms with E-state index in [-0.39, 0.29) is 12.4 Å². The predicted octanol–water partition coefficient (Wildman–Crippen LogP) is 3.60. The van der Waals surface area contributed by atoms with Gasteiger partial charge >= 0.3 is 11.9 Å². The lowest BCUT2D eigenvalue weighted by Gasteiger charge is -2.12. The minimum atomic E-state index is -0.798. The van der Waals surface area contributed by atoms with Gasteiger partial charge < -0.3 is 18.9 Å². The quantitative estimate of drug-likeness (QED) is 0.647. The van der Waals surface area contributed by atoms with E-state index in [0.29, 0.717) is 37.7 Å². The number of carbonyl (C=O) groups excluding carboxylic acids is 2. The normalized spacial score (nSPS) is 12.2. The molecule has 0 radical (unpaired) electrons. The van der Waals surface area contributed by atoms with Gasteiger partial charge in [0, 0.05) is 0 Å². The summed E-state index contributed by atoms with van der Waals surface area (Å²) in [6.07, 6.45) is -0.798. The lowest BCUT2D eigenvalue weighted by Crippen LogP contribution is -2.17. The summed E-state index contributed by atoms with van der Waals surface area (Å²) >= 11 is 1.08. The van der Waals surface area contributed by atoms with Crippen molar-refractivity contribution in [1.82, 2.24) is 9.97 Å². The number of H-pyrrole nitrogens is 1. The largest absolute Gasteiger partial charge is 0.466 e. The fraction of sp³-hybridized carbons (Fsp3) is 0.368. The number of aryl methyl sites for hydroxylation is 3. The number of esters is 2. The first-order chi connectivity index (χ1) is 13.2. The minimum absolute atomic E-state index is 0.195. The van der Waals surface area contributed by atoms with E-state index < -0.39 is 23.6 Å². The zero-order chi connectivity index (χ0) is 20.6. The summed E-state index contributed by atoms with van der Waals surface area (Å²) in [4.78, 5) is 44.7. The third-order valence-corrected chi connectivity index (χ3v) is 5.38. The second-order valence-corrected chi connectivity index (χ2v) is 7.28. The fourth-order valence-electron chi connectivity index (χ4n) is 2.86. The van der Waals surface area contributed by atoms with Crippen molar-refractivity contribution in [3.63, 3.8) is 0 Å². The maximum absolute atomic E-state index is 12.5. The van der Waals surface area contributed by atoms with Crippen LogP contribution in [0.3, 0.4) is 0 Å². The Balaban J connectivity index is 1.93. The molecule has 148 valence electrons. The van der Waals surface area contributed by atoms with Crippen LogP contribution in [-0.2, 0) is 9.47 Å². The molecule has 0 bridgehead atoms. The molecule has 0 saturated heterocycles. The Morgan fingerprint density at radius 2 is 2.00 bits per heavy atom. The molecule has 1 unspecified atom stereocenters. The van der Waals surface area contributed by atoms with Crippen LogP contribution in [0, 0.1) is 20.8 Å². The Labute approximate surface area is 164 Å². The Kier molecular flexibility index (Phi) is 5.37. The summed E-state index contributed by atoms with van der Waals surface area (Å²) < 4.78 is 15.8. The molecule has 3 aromatic rings. The van der Waals surface area contributed by atoms with Gasteiger partial charge in [0.25, 0.3) is 5.56 Å². The van der Waals surface area contributed by atoms with Crippen LogP contribution in [0.4, 0.5) is 0 Å². The molecule has 3 aromatic heterocycles. The molecule has 0 fully saturated rings. The van der Waals surface area contributed by atoms with Gasteiger partial charge in [-0.05, 0) is 46.2 Å². The standard InChI is InChI=1S/C19H20N2O6S/c1-6-25-19(24)14-9(3)13-16(22)20-15(21-17(13)28-14)11(5)27-18(23)12-7-8(2)26-10(12)4/h7,11H,6H2,1-5H3,(H,20,21,22). The highest BCUT2D eigenvalue weighted by Crippen LogP contribution is 2.29. The second-order valence-electron chi connectivity index (χ2n) is 6.28. The van der Waals surface area contributed by atoms with Crippen LogP contribution < -0.4 is 5.56 Å². The first-order valence-corrected chi connectivity index (χ1v) is 9.53. The highest BCUT2D eigenvalue weighted by Gasteiger charge is 2.23. The fourth-order valence-corrected chi connectivity index (χ4v) is 3.94. The van der Waals surface area contributed by atoms with Crippen molar-refractivity contribution < 1.29 is 23.5 Å². The van der Waals surface area contributed by atoms with Crippen molar-refractivity contribution in [2.45, 2.75) is 40.7 Å². The van der Waals surface area contributed by atoms with E-state index in [1.54, 1.807) is 40.7 Å². The van der Waals surface area contributed by atoms with Crippen LogP contribution in [-0.4, -0.2) is 28.5 Å². The molecule has 1 N–H and O–H groups in total. The number of furan rings is 1. The molecule has 9 heteroatoms. The van der Waals surface area contributed by atoms with Crippen LogP contribution in [0.5, 0.6) is 0 Å². The van der Waals surface area contributed by atoms with Crippen LogP contribution in [0.1, 0.15) is 62.9 Å². The molecule has 0 amide bonds. The molecule has 0 aliphatic heterocycles. The molecule has 0 aromatic carbocycles. The van der Waals surface area contributed by atoms with E-state index >= 15 is 0 Å². The highest BCUT2D eigenvalue weighted by molar-refractivity contribution is 7.20. The zero-order valence-electron chi connectivity index (χ0n) is 16.2. The van der Waals surface area contributed by atoms with Gasteiger partial charge in [-0.2, -0.15) is 0 Å². The molecule has 0 spiro atoms. The number of hydrogen-bond donors (Lipinski definition) is 1. The average molecular weight is 404 g/mol. The minimum Gasteiger partial charge on any atom is -0.466 e. The van der Waals surface area contributed by atoms with Gasteiger partial charge in [-0.15, -0.1) is 11.3 Å². The van der Waals surface area contributed by atoms with Crippen molar-refractivity contribution in [2.24, 2.45) is 0 Å². The van der Waals surface area contributed by atoms with Gasteiger partial charge in [0.1, 0.15) is 26.8 Å². The Morgan fingerprint density at radius 3 is 2.61 bits per heavy atom. The number of fused-ring (bicyclic) bond motifs is 1. The third kappa shape index (κ3) is 3.57. The second kappa shape index (κ2) is 7.59. The Bertz CT molecular complexity index is 1120. The summed E-state index contributed by atoms with van der Waals surface area (Å²) in [5.41, 5.74) is 0.444. The van der Waals surface area contributed by atoms with E-state index in [4.69, 9.17) is 13.9 Å². The van der Waals surface area contributed by atoms with E-state index in [1.165, 1.54) is 0 Å². The van der Waals surface area contributed by atoms with Gasteiger partial charge in [0.15, 0.2) is 11.9 Å². The SMILES string of the molecule is CCOC(=O)c1sc2nc(C(C)OC(=O)c3cc(C)oc3C)[nH]c(=O)c2c1C. The topological polar surface area (TPSA) is 111 Å². The van der Waals surface area contributed by atoms with Crippen molar-refractivity contribution >= 4 is 33.5 Å². The molecule has 3 rings (SSSR count). The monoisotopic (exact) mass is 404 g/mol. The number of hydrogen-bond acceptors (Lipinski definition) is 8. The number of ether oxygens (including phenoxy) is 2. The number of nitrogens with zero attached hydrogens (tertiary/aromatic N) is 1. The molecule has 0 saturated carbocycles. The van der Waals surface area contributed by atoms with E-state index in [2.05, 4.69) is 9.97 Å². The van der Waals surface area contributed by atoms with E-state index in [1.807, 2.05) is 0 Å².